The van der Waals surface area contributed by atoms with Gasteiger partial charge < -0.3 is 10.0 Å². The minimum Gasteiger partial charge on any atom is -0.508 e. The molecular weight excluding hydrogens is 410 g/mol. The van der Waals surface area contributed by atoms with E-state index in [1.165, 1.54) is 19.3 Å². The summed E-state index contributed by atoms with van der Waals surface area (Å²) in [5.74, 6) is 1.28. The highest BCUT2D eigenvalue weighted by atomic mass is 16.5. The Morgan fingerprint density at radius 3 is 2.34 bits per heavy atom. The molecule has 1 aromatic carbocycles. The smallest absolute Gasteiger partial charge is 0.328 e. The molecule has 1 atom stereocenters. The van der Waals surface area contributed by atoms with Crippen LogP contribution in [-0.2, 0) is 16.1 Å². The molecule has 3 N–H and O–H groups in total. The van der Waals surface area contributed by atoms with Gasteiger partial charge in [-0.1, -0.05) is 12.1 Å². The number of imide groups is 1. The molecule has 4 saturated carbocycles. The van der Waals surface area contributed by atoms with Gasteiger partial charge in [-0.2, -0.15) is 0 Å². The molecule has 5 fully saturated rings. The molecule has 1 heterocycles. The molecule has 6 rings (SSSR count). The number of hydrogen-bond acceptors (Lipinski definition) is 5. The maximum Gasteiger partial charge on any atom is 0.328 e. The van der Waals surface area contributed by atoms with E-state index in [2.05, 4.69) is 0 Å². The Kier molecular flexibility index (Phi) is 5.35. The Bertz CT molecular complexity index is 897. The monoisotopic (exact) mass is 441 g/mol. The summed E-state index contributed by atoms with van der Waals surface area (Å²) in [6.07, 6.45) is 7.25. The Hall–Kier alpha value is -2.61. The van der Waals surface area contributed by atoms with Crippen LogP contribution in [0.25, 0.3) is 0 Å². The van der Waals surface area contributed by atoms with Crippen LogP contribution >= 0.6 is 0 Å². The summed E-state index contributed by atoms with van der Waals surface area (Å²) < 4.78 is 0. The van der Waals surface area contributed by atoms with Crippen LogP contribution in [0.2, 0.25) is 0 Å². The molecule has 4 aliphatic carbocycles. The lowest BCUT2D eigenvalue weighted by molar-refractivity contribution is -0.141. The van der Waals surface area contributed by atoms with E-state index < -0.39 is 11.9 Å². The molecule has 8 nitrogen and oxygen atoms in total. The van der Waals surface area contributed by atoms with Gasteiger partial charge in [-0.15, -0.1) is 0 Å². The van der Waals surface area contributed by atoms with Crippen LogP contribution in [0.1, 0.15) is 63.4 Å². The Balaban J connectivity index is 1.42. The number of amides is 4. The zero-order valence-corrected chi connectivity index (χ0v) is 18.2. The second kappa shape index (κ2) is 8.06. The molecule has 172 valence electrons. The highest BCUT2D eigenvalue weighted by Crippen LogP contribution is 2.58. The number of urea groups is 1. The van der Waals surface area contributed by atoms with Crippen molar-refractivity contribution in [2.45, 2.75) is 75.9 Å². The van der Waals surface area contributed by atoms with Crippen molar-refractivity contribution in [2.75, 3.05) is 0 Å². The van der Waals surface area contributed by atoms with Crippen LogP contribution in [-0.4, -0.2) is 49.5 Å². The topological polar surface area (TPSA) is 110 Å². The zero-order chi connectivity index (χ0) is 22.5. The van der Waals surface area contributed by atoms with E-state index in [0.717, 1.165) is 24.8 Å². The Morgan fingerprint density at radius 2 is 1.75 bits per heavy atom. The number of benzene rings is 1. The van der Waals surface area contributed by atoms with E-state index in [4.69, 9.17) is 5.21 Å². The Labute approximate surface area is 187 Å². The van der Waals surface area contributed by atoms with Gasteiger partial charge in [0.25, 0.3) is 5.91 Å². The van der Waals surface area contributed by atoms with Crippen molar-refractivity contribution in [3.05, 3.63) is 29.8 Å². The number of phenolic OH excluding ortho intramolecular Hbond substituents is 1. The van der Waals surface area contributed by atoms with Crippen LogP contribution in [0.15, 0.2) is 24.3 Å². The summed E-state index contributed by atoms with van der Waals surface area (Å²) in [4.78, 5) is 42.1. The third kappa shape index (κ3) is 3.64. The highest BCUT2D eigenvalue weighted by Gasteiger charge is 2.60. The van der Waals surface area contributed by atoms with Gasteiger partial charge >= 0.3 is 6.03 Å². The first kappa shape index (κ1) is 21.2. The van der Waals surface area contributed by atoms with Crippen LogP contribution in [0.3, 0.4) is 0 Å². The maximum absolute atomic E-state index is 13.7. The van der Waals surface area contributed by atoms with Crippen molar-refractivity contribution in [1.29, 1.82) is 0 Å². The van der Waals surface area contributed by atoms with Crippen LogP contribution in [0.4, 0.5) is 4.79 Å². The molecule has 32 heavy (non-hydrogen) atoms. The lowest BCUT2D eigenvalue weighted by Gasteiger charge is -2.58. The van der Waals surface area contributed by atoms with Gasteiger partial charge in [0.15, 0.2) is 0 Å². The molecule has 1 unspecified atom stereocenters. The molecule has 1 aliphatic heterocycles. The van der Waals surface area contributed by atoms with Crippen molar-refractivity contribution in [2.24, 2.45) is 17.8 Å². The number of nitrogens with zero attached hydrogens (tertiary/aromatic N) is 2. The zero-order valence-electron chi connectivity index (χ0n) is 18.2. The van der Waals surface area contributed by atoms with E-state index >= 15 is 0 Å². The van der Waals surface area contributed by atoms with Gasteiger partial charge in [-0.3, -0.25) is 19.7 Å². The summed E-state index contributed by atoms with van der Waals surface area (Å²) in [6.45, 7) is 0.235. The molecule has 5 aliphatic rings. The van der Waals surface area contributed by atoms with Gasteiger partial charge in [0.1, 0.15) is 11.8 Å². The summed E-state index contributed by atoms with van der Waals surface area (Å²) in [7, 11) is 0. The van der Waals surface area contributed by atoms with E-state index in [1.54, 1.807) is 33.5 Å². The van der Waals surface area contributed by atoms with Gasteiger partial charge in [-0.25, -0.2) is 10.3 Å². The van der Waals surface area contributed by atoms with E-state index in [9.17, 15) is 19.5 Å². The van der Waals surface area contributed by atoms with Gasteiger partial charge in [0.05, 0.1) is 5.54 Å². The average molecular weight is 442 g/mol. The molecule has 0 aromatic heterocycles. The first-order valence-electron chi connectivity index (χ1n) is 11.7. The molecule has 0 spiro atoms. The fraction of sp³-hybridized carbons (Fsp3) is 0.625. The molecule has 8 heteroatoms. The van der Waals surface area contributed by atoms with Gasteiger partial charge in [0, 0.05) is 13.0 Å². The SMILES string of the molecule is O=C(CCCC1C(=O)N(C23CC4CC(CC(C4)C2)C3)C(=O)N1Cc1cccc(O)c1)NO. The second-order valence-electron chi connectivity index (χ2n) is 10.3. The fourth-order valence-electron chi connectivity index (χ4n) is 7.23. The summed E-state index contributed by atoms with van der Waals surface area (Å²) in [5.41, 5.74) is 2.02. The second-order valence-corrected chi connectivity index (χ2v) is 10.3. The predicted octanol–water partition coefficient (Wildman–Crippen LogP) is 3.17. The highest BCUT2D eigenvalue weighted by molar-refractivity contribution is 6.05. The van der Waals surface area contributed by atoms with E-state index in [0.29, 0.717) is 30.6 Å². The minimum atomic E-state index is -0.635. The van der Waals surface area contributed by atoms with Gasteiger partial charge in [-0.05, 0) is 86.8 Å². The van der Waals surface area contributed by atoms with Gasteiger partial charge in [0.2, 0.25) is 5.91 Å². The van der Waals surface area contributed by atoms with Crippen molar-refractivity contribution in [3.63, 3.8) is 0 Å². The molecular formula is C24H31N3O5. The normalized spacial score (nSPS) is 33.3. The fourth-order valence-corrected chi connectivity index (χ4v) is 7.23. The minimum absolute atomic E-state index is 0.0891. The third-order valence-corrected chi connectivity index (χ3v) is 8.07. The molecule has 1 aromatic rings. The molecule has 1 saturated heterocycles. The number of nitrogens with one attached hydrogen (secondary N) is 1. The number of rotatable bonds is 7. The largest absolute Gasteiger partial charge is 0.508 e. The first-order valence-corrected chi connectivity index (χ1v) is 11.7. The number of carbonyl (C=O) groups is 3. The molecule has 4 bridgehead atoms. The molecule has 4 amide bonds. The number of phenols is 1. The van der Waals surface area contributed by atoms with E-state index in [-0.39, 0.29) is 36.2 Å². The lowest BCUT2D eigenvalue weighted by Crippen LogP contribution is -2.62. The summed E-state index contributed by atoms with van der Waals surface area (Å²) in [6, 6.07) is 5.88. The number of hydroxylamine groups is 1. The third-order valence-electron chi connectivity index (χ3n) is 8.07. The van der Waals surface area contributed by atoms with Crippen LogP contribution < -0.4 is 5.48 Å². The van der Waals surface area contributed by atoms with Crippen LogP contribution in [0.5, 0.6) is 5.75 Å². The van der Waals surface area contributed by atoms with Crippen molar-refractivity contribution >= 4 is 17.8 Å². The predicted molar refractivity (Wildman–Crippen MR) is 114 cm³/mol. The number of carbonyl (C=O) groups excluding carboxylic acids is 3. The summed E-state index contributed by atoms with van der Waals surface area (Å²) in [5, 5.41) is 18.6. The maximum atomic E-state index is 13.7. The number of aromatic hydroxyl groups is 1. The summed E-state index contributed by atoms with van der Waals surface area (Å²) >= 11 is 0. The quantitative estimate of drug-likeness (QED) is 0.342. The standard InChI is InChI=1S/C24H31N3O5/c28-19-4-1-3-15(10-19)14-26-20(5-2-6-21(29)25-32)22(30)27(23(26)31)24-11-16-7-17(12-24)9-18(8-16)13-24/h1,3-4,10,16-18,20,28,32H,2,5-9,11-14H2,(H,25,29). The average Bonchev–Trinajstić information content (AvgIpc) is 2.97. The van der Waals surface area contributed by atoms with Crippen molar-refractivity contribution in [3.8, 4) is 5.75 Å². The van der Waals surface area contributed by atoms with Crippen molar-refractivity contribution < 1.29 is 24.7 Å². The molecule has 0 radical (unpaired) electrons. The van der Waals surface area contributed by atoms with E-state index in [1.807, 2.05) is 6.07 Å². The lowest BCUT2D eigenvalue weighted by atomic mass is 9.52. The number of hydrogen-bond donors (Lipinski definition) is 3. The van der Waals surface area contributed by atoms with Crippen LogP contribution in [0, 0.1) is 17.8 Å². The first-order chi connectivity index (χ1) is 15.4. The van der Waals surface area contributed by atoms with Crippen molar-refractivity contribution in [1.82, 2.24) is 15.3 Å². The Morgan fingerprint density at radius 1 is 1.09 bits per heavy atom.